The predicted octanol–water partition coefficient (Wildman–Crippen LogP) is 3.12. The molecule has 0 aromatic carbocycles. The first-order valence-corrected chi connectivity index (χ1v) is 4.92. The van der Waals surface area contributed by atoms with Gasteiger partial charge in [-0.25, -0.2) is 4.98 Å². The van der Waals surface area contributed by atoms with Gasteiger partial charge in [-0.2, -0.15) is 0 Å². The van der Waals surface area contributed by atoms with E-state index in [0.717, 1.165) is 21.7 Å². The van der Waals surface area contributed by atoms with Gasteiger partial charge < -0.3 is 4.57 Å². The number of aryl methyl sites for hydroxylation is 2. The molecule has 0 atom stereocenters. The van der Waals surface area contributed by atoms with Crippen LogP contribution in [-0.4, -0.2) is 9.55 Å². The lowest BCUT2D eigenvalue weighted by Crippen LogP contribution is -2.12. The normalized spacial score (nSPS) is 10.9. The Morgan fingerprint density at radius 3 is 2.23 bits per heavy atom. The van der Waals surface area contributed by atoms with E-state index in [1.54, 1.807) is 0 Å². The molecule has 13 heavy (non-hydrogen) atoms. The van der Waals surface area contributed by atoms with Crippen LogP contribution in [0.4, 0.5) is 0 Å². The van der Waals surface area contributed by atoms with Gasteiger partial charge in [0.05, 0.1) is 0 Å². The minimum absolute atomic E-state index is 0.388. The summed E-state index contributed by atoms with van der Waals surface area (Å²) < 4.78 is 3.01. The maximum Gasteiger partial charge on any atom is 0.112 e. The summed E-state index contributed by atoms with van der Waals surface area (Å²) in [5, 5.41) is 0. The largest absolute Gasteiger partial charge is 0.318 e. The molecule has 0 unspecified atom stereocenters. The third-order valence-electron chi connectivity index (χ3n) is 2.28. The molecule has 1 aromatic heterocycles. The van der Waals surface area contributed by atoms with E-state index in [1.165, 1.54) is 0 Å². The summed E-state index contributed by atoms with van der Waals surface area (Å²) in [4.78, 5) is 4.45. The fourth-order valence-electron chi connectivity index (χ4n) is 1.47. The fraction of sp³-hybridized carbons (Fsp3) is 0.600. The van der Waals surface area contributed by atoms with Crippen molar-refractivity contribution < 1.29 is 0 Å². The van der Waals surface area contributed by atoms with Crippen molar-refractivity contribution in [2.75, 3.05) is 0 Å². The van der Waals surface area contributed by atoms with Crippen LogP contribution in [0, 0.1) is 25.4 Å². The number of hydrogen-bond acceptors (Lipinski definition) is 2. The highest BCUT2D eigenvalue weighted by Crippen LogP contribution is 2.14. The van der Waals surface area contributed by atoms with Crippen LogP contribution in [0.25, 0.3) is 0 Å². The van der Waals surface area contributed by atoms with Crippen LogP contribution in [0.15, 0.2) is 0 Å². The molecule has 0 spiro atoms. The summed E-state index contributed by atoms with van der Waals surface area (Å²) in [5.74, 6) is 1.00. The van der Waals surface area contributed by atoms with E-state index in [1.807, 2.05) is 20.8 Å². The first-order valence-electron chi connectivity index (χ1n) is 4.51. The molecule has 0 aliphatic heterocycles. The van der Waals surface area contributed by atoms with Gasteiger partial charge in [-0.15, -0.1) is 0 Å². The van der Waals surface area contributed by atoms with Crippen LogP contribution >= 0.6 is 12.2 Å². The van der Waals surface area contributed by atoms with Crippen molar-refractivity contribution in [1.82, 2.24) is 9.55 Å². The van der Waals surface area contributed by atoms with Crippen LogP contribution in [0.1, 0.15) is 37.0 Å². The molecule has 0 saturated heterocycles. The molecule has 0 saturated carbocycles. The van der Waals surface area contributed by atoms with Crippen LogP contribution in [0.2, 0.25) is 0 Å². The molecule has 0 radical (unpaired) electrons. The van der Waals surface area contributed by atoms with E-state index in [2.05, 4.69) is 23.4 Å². The molecule has 2 nitrogen and oxygen atoms in total. The van der Waals surface area contributed by atoms with Crippen molar-refractivity contribution in [3.05, 3.63) is 21.7 Å². The maximum atomic E-state index is 5.37. The molecule has 0 bridgehead atoms. The Balaban J connectivity index is 3.54. The summed E-state index contributed by atoms with van der Waals surface area (Å²) in [6.45, 7) is 10.3. The summed E-state index contributed by atoms with van der Waals surface area (Å²) in [5.41, 5.74) is 2.16. The molecule has 1 heterocycles. The minimum atomic E-state index is 0.388. The van der Waals surface area contributed by atoms with Crippen LogP contribution < -0.4 is 0 Å². The summed E-state index contributed by atoms with van der Waals surface area (Å²) in [6, 6.07) is 0.388. The van der Waals surface area contributed by atoms with Gasteiger partial charge in [0.25, 0.3) is 0 Å². The molecule has 0 aliphatic rings. The van der Waals surface area contributed by atoms with Gasteiger partial charge >= 0.3 is 0 Å². The zero-order chi connectivity index (χ0) is 10.2. The van der Waals surface area contributed by atoms with Crippen LogP contribution in [0.3, 0.4) is 0 Å². The number of hydrogen-bond donors (Lipinski definition) is 0. The summed E-state index contributed by atoms with van der Waals surface area (Å²) in [6.07, 6.45) is 0. The second-order valence-corrected chi connectivity index (χ2v) is 4.03. The van der Waals surface area contributed by atoms with Crippen LogP contribution in [0.5, 0.6) is 0 Å². The third kappa shape index (κ3) is 1.80. The minimum Gasteiger partial charge on any atom is -0.318 e. The highest BCUT2D eigenvalue weighted by Gasteiger charge is 2.07. The van der Waals surface area contributed by atoms with Crippen molar-refractivity contribution in [2.24, 2.45) is 0 Å². The Labute approximate surface area is 84.6 Å². The zero-order valence-electron chi connectivity index (χ0n) is 8.88. The fourth-order valence-corrected chi connectivity index (χ4v) is 1.96. The third-order valence-corrected chi connectivity index (χ3v) is 2.78. The Bertz CT molecular complexity index is 377. The quantitative estimate of drug-likeness (QED) is 0.642. The van der Waals surface area contributed by atoms with Crippen molar-refractivity contribution >= 4 is 12.2 Å². The molecule has 0 fully saturated rings. The molecule has 3 heteroatoms. The van der Waals surface area contributed by atoms with E-state index in [9.17, 15) is 0 Å². The monoisotopic (exact) mass is 196 g/mol. The van der Waals surface area contributed by atoms with Crippen molar-refractivity contribution in [3.63, 3.8) is 0 Å². The first-order chi connectivity index (χ1) is 5.95. The average Bonchev–Trinajstić information content (AvgIpc) is 1.99. The van der Waals surface area contributed by atoms with Gasteiger partial charge in [0.1, 0.15) is 10.5 Å². The Hall–Kier alpha value is -0.700. The zero-order valence-corrected chi connectivity index (χ0v) is 9.70. The molecular weight excluding hydrogens is 180 g/mol. The number of aromatic nitrogens is 2. The highest BCUT2D eigenvalue weighted by atomic mass is 32.1. The smallest absolute Gasteiger partial charge is 0.112 e. The van der Waals surface area contributed by atoms with E-state index in [0.29, 0.717) is 6.04 Å². The van der Waals surface area contributed by atoms with Crippen LogP contribution in [-0.2, 0) is 0 Å². The van der Waals surface area contributed by atoms with Gasteiger partial charge in [-0.3, -0.25) is 0 Å². The SMILES string of the molecule is Cc1nc(C)n(C(C)C)c(=S)c1C. The van der Waals surface area contributed by atoms with E-state index in [-0.39, 0.29) is 0 Å². The van der Waals surface area contributed by atoms with Crippen molar-refractivity contribution in [3.8, 4) is 0 Å². The second kappa shape index (κ2) is 3.58. The predicted molar refractivity (Wildman–Crippen MR) is 57.7 cm³/mol. The standard InChI is InChI=1S/C10H16N2S/c1-6(2)12-9(5)11-8(4)7(3)10(12)13/h6H,1-5H3. The Morgan fingerprint density at radius 2 is 1.77 bits per heavy atom. The molecular formula is C10H16N2S. The number of rotatable bonds is 1. The molecule has 1 rings (SSSR count). The lowest BCUT2D eigenvalue weighted by atomic mass is 10.2. The van der Waals surface area contributed by atoms with E-state index in [4.69, 9.17) is 12.2 Å². The average molecular weight is 196 g/mol. The Kier molecular flexibility index (Phi) is 2.86. The lowest BCUT2D eigenvalue weighted by Gasteiger charge is -2.16. The van der Waals surface area contributed by atoms with Gasteiger partial charge in [-0.1, -0.05) is 12.2 Å². The van der Waals surface area contributed by atoms with E-state index < -0.39 is 0 Å². The number of nitrogens with zero attached hydrogens (tertiary/aromatic N) is 2. The van der Waals surface area contributed by atoms with Gasteiger partial charge in [-0.05, 0) is 34.6 Å². The van der Waals surface area contributed by atoms with Gasteiger partial charge in [0.15, 0.2) is 0 Å². The van der Waals surface area contributed by atoms with E-state index >= 15 is 0 Å². The Morgan fingerprint density at radius 1 is 1.23 bits per heavy atom. The molecule has 1 aromatic rings. The van der Waals surface area contributed by atoms with Gasteiger partial charge in [0.2, 0.25) is 0 Å². The molecule has 72 valence electrons. The molecule has 0 amide bonds. The van der Waals surface area contributed by atoms with Crippen molar-refractivity contribution in [2.45, 2.75) is 40.7 Å². The summed E-state index contributed by atoms with van der Waals surface area (Å²) >= 11 is 5.37. The molecule has 0 aliphatic carbocycles. The maximum absolute atomic E-state index is 5.37. The second-order valence-electron chi connectivity index (χ2n) is 3.64. The summed E-state index contributed by atoms with van der Waals surface area (Å²) in [7, 11) is 0. The van der Waals surface area contributed by atoms with Crippen molar-refractivity contribution in [1.29, 1.82) is 0 Å². The first kappa shape index (κ1) is 10.4. The molecule has 0 N–H and O–H groups in total. The highest BCUT2D eigenvalue weighted by molar-refractivity contribution is 7.71. The lowest BCUT2D eigenvalue weighted by molar-refractivity contribution is 0.554. The van der Waals surface area contributed by atoms with Gasteiger partial charge in [0, 0.05) is 17.3 Å². The topological polar surface area (TPSA) is 17.8 Å².